The van der Waals surface area contributed by atoms with Crippen LogP contribution in [-0.4, -0.2) is 47.0 Å². The van der Waals surface area contributed by atoms with Gasteiger partial charge in [0.2, 0.25) is 10.8 Å². The van der Waals surface area contributed by atoms with Crippen LogP contribution < -0.4 is 14.4 Å². The molecule has 3 heterocycles. The molecule has 1 fully saturated rings. The number of ether oxygens (including phenoxy) is 2. The molecule has 8 heteroatoms. The Kier molecular flexibility index (Phi) is 5.40. The summed E-state index contributed by atoms with van der Waals surface area (Å²) in [5.74, 6) is 3.58. The molecule has 2 aromatic heterocycles. The zero-order valence-corrected chi connectivity index (χ0v) is 18.4. The highest BCUT2D eigenvalue weighted by Crippen LogP contribution is 2.39. The highest BCUT2D eigenvalue weighted by Gasteiger charge is 2.38. The molecule has 0 unspecified atom stereocenters. The van der Waals surface area contributed by atoms with Gasteiger partial charge in [-0.3, -0.25) is 0 Å². The van der Waals surface area contributed by atoms with Gasteiger partial charge in [0.05, 0.1) is 32.9 Å². The SMILES string of the molecule is COc1ccc([C@@H](c2sc3nc(C)nn3c2O)[NH+]2C[C@@H](C)C[C@H](C)C2)c(OC)c1. The van der Waals surface area contributed by atoms with Crippen LogP contribution in [0.15, 0.2) is 18.2 Å². The van der Waals surface area contributed by atoms with Crippen molar-refractivity contribution >= 4 is 16.3 Å². The zero-order chi connectivity index (χ0) is 20.7. The van der Waals surface area contributed by atoms with E-state index in [1.807, 2.05) is 19.1 Å². The second kappa shape index (κ2) is 7.84. The molecule has 29 heavy (non-hydrogen) atoms. The van der Waals surface area contributed by atoms with E-state index in [0.29, 0.717) is 22.6 Å². The maximum Gasteiger partial charge on any atom is 0.235 e. The van der Waals surface area contributed by atoms with E-state index in [1.165, 1.54) is 22.7 Å². The highest BCUT2D eigenvalue weighted by molar-refractivity contribution is 7.17. The molecule has 156 valence electrons. The number of fused-ring (bicyclic) bond motifs is 1. The van der Waals surface area contributed by atoms with Crippen LogP contribution in [0.5, 0.6) is 17.4 Å². The number of likely N-dealkylation sites (tertiary alicyclic amines) is 1. The summed E-state index contributed by atoms with van der Waals surface area (Å²) in [4.78, 5) is 7.48. The van der Waals surface area contributed by atoms with Gasteiger partial charge in [0.25, 0.3) is 0 Å². The number of hydrogen-bond donors (Lipinski definition) is 2. The van der Waals surface area contributed by atoms with Crippen molar-refractivity contribution in [3.8, 4) is 17.4 Å². The minimum absolute atomic E-state index is 0.0603. The molecule has 3 aromatic rings. The van der Waals surface area contributed by atoms with E-state index in [0.717, 1.165) is 35.0 Å². The lowest BCUT2D eigenvalue weighted by Gasteiger charge is -2.37. The molecular weight excluding hydrogens is 388 g/mol. The predicted octanol–water partition coefficient (Wildman–Crippen LogP) is 2.47. The number of hydrogen-bond acceptors (Lipinski definition) is 6. The number of piperidine rings is 1. The molecule has 1 saturated heterocycles. The maximum atomic E-state index is 11.1. The molecule has 0 radical (unpaired) electrons. The summed E-state index contributed by atoms with van der Waals surface area (Å²) in [6.07, 6.45) is 1.23. The van der Waals surface area contributed by atoms with Crippen LogP contribution in [0, 0.1) is 18.8 Å². The first-order valence-electron chi connectivity index (χ1n) is 10.0. The lowest BCUT2D eigenvalue weighted by molar-refractivity contribution is -0.936. The van der Waals surface area contributed by atoms with Gasteiger partial charge >= 0.3 is 0 Å². The van der Waals surface area contributed by atoms with Crippen LogP contribution in [0.2, 0.25) is 0 Å². The van der Waals surface area contributed by atoms with Crippen molar-refractivity contribution in [2.75, 3.05) is 27.3 Å². The first-order chi connectivity index (χ1) is 13.9. The lowest BCUT2D eigenvalue weighted by atomic mass is 9.89. The minimum Gasteiger partial charge on any atom is -0.497 e. The van der Waals surface area contributed by atoms with Crippen LogP contribution in [0.1, 0.15) is 42.6 Å². The van der Waals surface area contributed by atoms with Gasteiger partial charge in [0, 0.05) is 17.9 Å². The topological polar surface area (TPSA) is 73.3 Å². The summed E-state index contributed by atoms with van der Waals surface area (Å²) in [7, 11) is 3.33. The molecule has 1 aliphatic rings. The second-order valence-electron chi connectivity index (χ2n) is 8.20. The number of quaternary nitrogens is 1. The number of methoxy groups -OCH3 is 2. The molecule has 0 amide bonds. The Balaban J connectivity index is 1.87. The van der Waals surface area contributed by atoms with Crippen molar-refractivity contribution in [2.45, 2.75) is 33.2 Å². The number of aryl methyl sites for hydroxylation is 1. The molecular formula is C21H29N4O3S+. The highest BCUT2D eigenvalue weighted by atomic mass is 32.1. The van der Waals surface area contributed by atoms with Gasteiger partial charge in [0.1, 0.15) is 22.2 Å². The molecule has 0 saturated carbocycles. The normalized spacial score (nSPS) is 23.3. The summed E-state index contributed by atoms with van der Waals surface area (Å²) < 4.78 is 12.7. The molecule has 1 aliphatic heterocycles. The largest absolute Gasteiger partial charge is 0.497 e. The summed E-state index contributed by atoms with van der Waals surface area (Å²) in [6, 6.07) is 5.87. The van der Waals surface area contributed by atoms with Crippen LogP contribution in [0.4, 0.5) is 0 Å². The van der Waals surface area contributed by atoms with Gasteiger partial charge in [-0.1, -0.05) is 25.2 Å². The standard InChI is InChI=1S/C21H28N4O3S/c1-12-8-13(2)11-24(10-12)18(16-7-6-15(27-4)9-17(16)28-5)19-20(26)25-21(29-19)22-14(3)23-25/h6-7,9,12-13,18,26H,8,10-11H2,1-5H3/p+1/t12-,13-,18-/m0/s1. The van der Waals surface area contributed by atoms with E-state index in [-0.39, 0.29) is 11.9 Å². The summed E-state index contributed by atoms with van der Waals surface area (Å²) in [5.41, 5.74) is 1.04. The Morgan fingerprint density at radius 3 is 2.55 bits per heavy atom. The van der Waals surface area contributed by atoms with E-state index in [2.05, 4.69) is 30.0 Å². The predicted molar refractivity (Wildman–Crippen MR) is 112 cm³/mol. The minimum atomic E-state index is -0.0603. The summed E-state index contributed by atoms with van der Waals surface area (Å²) in [5, 5.41) is 15.4. The average molecular weight is 418 g/mol. The van der Waals surface area contributed by atoms with Crippen molar-refractivity contribution < 1.29 is 19.5 Å². The summed E-state index contributed by atoms with van der Waals surface area (Å²) >= 11 is 1.50. The molecule has 0 aliphatic carbocycles. The fourth-order valence-electron chi connectivity index (χ4n) is 4.71. The van der Waals surface area contributed by atoms with Gasteiger partial charge in [0.15, 0.2) is 6.04 Å². The maximum absolute atomic E-state index is 11.1. The third kappa shape index (κ3) is 3.67. The van der Waals surface area contributed by atoms with Crippen LogP contribution >= 0.6 is 11.3 Å². The number of nitrogens with zero attached hydrogens (tertiary/aromatic N) is 3. The van der Waals surface area contributed by atoms with Gasteiger partial charge in [-0.25, -0.2) is 4.98 Å². The van der Waals surface area contributed by atoms with E-state index in [1.54, 1.807) is 18.7 Å². The van der Waals surface area contributed by atoms with Crippen LogP contribution in [0.25, 0.3) is 4.96 Å². The van der Waals surface area contributed by atoms with Crippen molar-refractivity contribution in [3.63, 3.8) is 0 Å². The molecule has 1 aromatic carbocycles. The summed E-state index contributed by atoms with van der Waals surface area (Å²) in [6.45, 7) is 8.53. The van der Waals surface area contributed by atoms with Gasteiger partial charge in [-0.2, -0.15) is 4.52 Å². The number of thiazole rings is 1. The Morgan fingerprint density at radius 2 is 1.93 bits per heavy atom. The number of benzene rings is 1. The second-order valence-corrected chi connectivity index (χ2v) is 9.21. The van der Waals surface area contributed by atoms with Gasteiger partial charge < -0.3 is 19.5 Å². The molecule has 0 bridgehead atoms. The van der Waals surface area contributed by atoms with Gasteiger partial charge in [-0.05, 0) is 25.5 Å². The number of aromatic nitrogens is 3. The van der Waals surface area contributed by atoms with Gasteiger partial charge in [-0.15, -0.1) is 5.10 Å². The van der Waals surface area contributed by atoms with Crippen LogP contribution in [-0.2, 0) is 0 Å². The molecule has 7 nitrogen and oxygen atoms in total. The number of nitrogens with one attached hydrogen (secondary N) is 1. The fraction of sp³-hybridized carbons (Fsp3) is 0.524. The molecule has 2 N–H and O–H groups in total. The van der Waals surface area contributed by atoms with E-state index >= 15 is 0 Å². The molecule has 4 rings (SSSR count). The Morgan fingerprint density at radius 1 is 1.21 bits per heavy atom. The van der Waals surface area contributed by atoms with E-state index in [9.17, 15) is 5.11 Å². The Bertz CT molecular complexity index is 1000. The molecule has 0 spiro atoms. The first-order valence-corrected chi connectivity index (χ1v) is 10.8. The van der Waals surface area contributed by atoms with Crippen molar-refractivity contribution in [3.05, 3.63) is 34.5 Å². The van der Waals surface area contributed by atoms with Crippen molar-refractivity contribution in [2.24, 2.45) is 11.8 Å². The third-order valence-electron chi connectivity index (χ3n) is 5.75. The van der Waals surface area contributed by atoms with E-state index in [4.69, 9.17) is 9.47 Å². The Hall–Kier alpha value is -2.32. The first kappa shape index (κ1) is 20.0. The van der Waals surface area contributed by atoms with Crippen molar-refractivity contribution in [1.82, 2.24) is 14.6 Å². The average Bonchev–Trinajstić information content (AvgIpc) is 3.19. The Labute approximate surface area is 174 Å². The molecule has 3 atom stereocenters. The lowest BCUT2D eigenvalue weighted by Crippen LogP contribution is -3.14. The number of rotatable bonds is 5. The number of aromatic hydroxyl groups is 1. The monoisotopic (exact) mass is 417 g/mol. The van der Waals surface area contributed by atoms with E-state index < -0.39 is 0 Å². The van der Waals surface area contributed by atoms with Crippen molar-refractivity contribution in [1.29, 1.82) is 0 Å². The fourth-order valence-corrected chi connectivity index (χ4v) is 5.88. The van der Waals surface area contributed by atoms with Crippen LogP contribution in [0.3, 0.4) is 0 Å². The third-order valence-corrected chi connectivity index (χ3v) is 6.84. The zero-order valence-electron chi connectivity index (χ0n) is 17.6. The quantitative estimate of drug-likeness (QED) is 0.667. The smallest absolute Gasteiger partial charge is 0.235 e.